The lowest BCUT2D eigenvalue weighted by Crippen LogP contribution is -2.38. The number of sulfonamides is 1. The van der Waals surface area contributed by atoms with E-state index in [1.807, 2.05) is 6.92 Å². The maximum Gasteiger partial charge on any atom is 0.255 e. The molecule has 7 nitrogen and oxygen atoms in total. The van der Waals surface area contributed by atoms with E-state index < -0.39 is 21.8 Å². The van der Waals surface area contributed by atoms with Gasteiger partial charge in [0.15, 0.2) is 0 Å². The van der Waals surface area contributed by atoms with Crippen molar-refractivity contribution in [2.45, 2.75) is 44.9 Å². The zero-order valence-electron chi connectivity index (χ0n) is 18.1. The van der Waals surface area contributed by atoms with Crippen molar-refractivity contribution in [3.8, 4) is 0 Å². The van der Waals surface area contributed by atoms with Gasteiger partial charge in [0.2, 0.25) is 15.9 Å². The zero-order chi connectivity index (χ0) is 22.8. The molecule has 1 aliphatic heterocycles. The summed E-state index contributed by atoms with van der Waals surface area (Å²) in [5, 5.41) is 2.79. The van der Waals surface area contributed by atoms with Crippen molar-refractivity contribution < 1.29 is 18.0 Å². The highest BCUT2D eigenvalue weighted by Crippen LogP contribution is 2.28. The van der Waals surface area contributed by atoms with Crippen LogP contribution in [0.5, 0.6) is 0 Å². The second kappa shape index (κ2) is 9.20. The molecule has 0 radical (unpaired) electrons. The van der Waals surface area contributed by atoms with Crippen LogP contribution in [0, 0.1) is 19.8 Å². The largest absolute Gasteiger partial charge is 0.369 e. The number of nitrogens with two attached hydrogens (primary N) is 1. The van der Waals surface area contributed by atoms with E-state index in [0.29, 0.717) is 30.3 Å². The molecule has 0 spiro atoms. The van der Waals surface area contributed by atoms with Gasteiger partial charge < -0.3 is 11.1 Å². The summed E-state index contributed by atoms with van der Waals surface area (Å²) >= 11 is 0. The Labute approximate surface area is 183 Å². The molecule has 0 saturated carbocycles. The first-order chi connectivity index (χ1) is 14.6. The third-order valence-corrected chi connectivity index (χ3v) is 7.86. The lowest BCUT2D eigenvalue weighted by atomic mass is 10.0. The van der Waals surface area contributed by atoms with E-state index in [9.17, 15) is 18.0 Å². The Morgan fingerprint density at radius 1 is 1.10 bits per heavy atom. The third-order valence-electron chi connectivity index (χ3n) is 5.83. The Kier molecular flexibility index (Phi) is 6.81. The fraction of sp³-hybridized carbons (Fsp3) is 0.391. The van der Waals surface area contributed by atoms with Gasteiger partial charge in [0.1, 0.15) is 0 Å². The number of hydrogen-bond acceptors (Lipinski definition) is 4. The number of benzene rings is 2. The van der Waals surface area contributed by atoms with Crippen LogP contribution in [0.3, 0.4) is 0 Å². The quantitative estimate of drug-likeness (QED) is 0.715. The summed E-state index contributed by atoms with van der Waals surface area (Å²) in [6, 6.07) is 9.96. The number of piperidine rings is 1. The molecule has 1 fully saturated rings. The van der Waals surface area contributed by atoms with Gasteiger partial charge in [-0.1, -0.05) is 19.1 Å². The van der Waals surface area contributed by atoms with Crippen LogP contribution in [0.4, 0.5) is 5.69 Å². The Hall–Kier alpha value is -2.71. The first-order valence-electron chi connectivity index (χ1n) is 10.4. The molecule has 2 amide bonds. The second-order valence-corrected chi connectivity index (χ2v) is 10.2. The van der Waals surface area contributed by atoms with Gasteiger partial charge in [0, 0.05) is 24.3 Å². The summed E-state index contributed by atoms with van der Waals surface area (Å²) in [5.74, 6) is -0.306. The molecule has 0 unspecified atom stereocenters. The van der Waals surface area contributed by atoms with E-state index in [0.717, 1.165) is 24.0 Å². The molecule has 166 valence electrons. The molecule has 2 aromatic rings. The molecule has 1 saturated heterocycles. The number of primary amides is 1. The van der Waals surface area contributed by atoms with E-state index in [2.05, 4.69) is 12.2 Å². The second-order valence-electron chi connectivity index (χ2n) is 8.30. The Balaban J connectivity index is 1.84. The monoisotopic (exact) mass is 443 g/mol. The van der Waals surface area contributed by atoms with Gasteiger partial charge in [-0.2, -0.15) is 4.31 Å². The van der Waals surface area contributed by atoms with E-state index in [1.54, 1.807) is 37.3 Å². The van der Waals surface area contributed by atoms with E-state index in [1.165, 1.54) is 10.4 Å². The molecule has 0 aromatic heterocycles. The number of amides is 2. The molecule has 8 heteroatoms. The maximum absolute atomic E-state index is 13.3. The topological polar surface area (TPSA) is 110 Å². The minimum Gasteiger partial charge on any atom is -0.369 e. The van der Waals surface area contributed by atoms with Gasteiger partial charge >= 0.3 is 0 Å². The SMILES string of the molecule is Cc1cc(C(=O)Nc2ccc(CC(N)=O)cc2)cc(S(=O)(=O)N2CCC(C)CC2)c1C. The van der Waals surface area contributed by atoms with Crippen LogP contribution >= 0.6 is 0 Å². The maximum atomic E-state index is 13.3. The molecule has 31 heavy (non-hydrogen) atoms. The van der Waals surface area contributed by atoms with Crippen LogP contribution in [0.25, 0.3) is 0 Å². The number of rotatable bonds is 6. The molecule has 3 N–H and O–H groups in total. The van der Waals surface area contributed by atoms with Crippen molar-refractivity contribution in [1.82, 2.24) is 4.31 Å². The lowest BCUT2D eigenvalue weighted by Gasteiger charge is -2.30. The minimum atomic E-state index is -3.68. The van der Waals surface area contributed by atoms with Crippen molar-refractivity contribution in [2.24, 2.45) is 11.7 Å². The van der Waals surface area contributed by atoms with E-state index in [4.69, 9.17) is 5.73 Å². The highest BCUT2D eigenvalue weighted by Gasteiger charge is 2.30. The summed E-state index contributed by atoms with van der Waals surface area (Å²) in [6.07, 6.45) is 1.80. The summed E-state index contributed by atoms with van der Waals surface area (Å²) in [4.78, 5) is 24.0. The molecule has 0 bridgehead atoms. The van der Waals surface area contributed by atoms with Crippen LogP contribution in [0.15, 0.2) is 41.3 Å². The Morgan fingerprint density at radius 2 is 1.71 bits per heavy atom. The number of aryl methyl sites for hydroxylation is 1. The Morgan fingerprint density at radius 3 is 2.29 bits per heavy atom. The molecule has 3 rings (SSSR count). The molecule has 0 aliphatic carbocycles. The summed E-state index contributed by atoms with van der Waals surface area (Å²) < 4.78 is 28.1. The molecule has 1 aliphatic rings. The zero-order valence-corrected chi connectivity index (χ0v) is 19.0. The molecule has 2 aromatic carbocycles. The highest BCUT2D eigenvalue weighted by molar-refractivity contribution is 7.89. The average Bonchev–Trinajstić information content (AvgIpc) is 2.71. The number of carbonyl (C=O) groups excluding carboxylic acids is 2. The minimum absolute atomic E-state index is 0.127. The number of carbonyl (C=O) groups is 2. The summed E-state index contributed by atoms with van der Waals surface area (Å²) in [6.45, 7) is 6.70. The number of hydrogen-bond donors (Lipinski definition) is 2. The normalized spacial score (nSPS) is 15.6. The number of nitrogens with zero attached hydrogens (tertiary/aromatic N) is 1. The average molecular weight is 444 g/mol. The molecule has 0 atom stereocenters. The van der Waals surface area contributed by atoms with Crippen LogP contribution in [-0.4, -0.2) is 37.6 Å². The molecular weight excluding hydrogens is 414 g/mol. The Bertz CT molecular complexity index is 1090. The summed E-state index contributed by atoms with van der Waals surface area (Å²) in [5.41, 5.74) is 8.18. The van der Waals surface area contributed by atoms with Crippen molar-refractivity contribution in [3.05, 3.63) is 58.7 Å². The van der Waals surface area contributed by atoms with E-state index >= 15 is 0 Å². The third kappa shape index (κ3) is 5.32. The lowest BCUT2D eigenvalue weighted by molar-refractivity contribution is -0.117. The van der Waals surface area contributed by atoms with Gasteiger partial charge in [0.25, 0.3) is 5.91 Å². The predicted molar refractivity (Wildman–Crippen MR) is 120 cm³/mol. The smallest absolute Gasteiger partial charge is 0.255 e. The fourth-order valence-electron chi connectivity index (χ4n) is 3.70. The van der Waals surface area contributed by atoms with Crippen molar-refractivity contribution >= 4 is 27.5 Å². The van der Waals surface area contributed by atoms with Gasteiger partial charge in [0.05, 0.1) is 11.3 Å². The first kappa shape index (κ1) is 23.0. The van der Waals surface area contributed by atoms with Crippen LogP contribution in [-0.2, 0) is 21.2 Å². The van der Waals surface area contributed by atoms with Gasteiger partial charge in [-0.25, -0.2) is 8.42 Å². The van der Waals surface area contributed by atoms with Crippen molar-refractivity contribution in [3.63, 3.8) is 0 Å². The fourth-order valence-corrected chi connectivity index (χ4v) is 5.49. The van der Waals surface area contributed by atoms with Crippen molar-refractivity contribution in [2.75, 3.05) is 18.4 Å². The van der Waals surface area contributed by atoms with Gasteiger partial charge in [-0.05, 0) is 73.6 Å². The number of nitrogens with one attached hydrogen (secondary N) is 1. The number of anilines is 1. The summed E-state index contributed by atoms with van der Waals surface area (Å²) in [7, 11) is -3.68. The van der Waals surface area contributed by atoms with Crippen LogP contribution < -0.4 is 11.1 Å². The van der Waals surface area contributed by atoms with Crippen LogP contribution in [0.1, 0.15) is 46.8 Å². The highest BCUT2D eigenvalue weighted by atomic mass is 32.2. The molecular formula is C23H29N3O4S. The van der Waals surface area contributed by atoms with Crippen LogP contribution in [0.2, 0.25) is 0 Å². The van der Waals surface area contributed by atoms with Gasteiger partial charge in [-0.3, -0.25) is 9.59 Å². The van der Waals surface area contributed by atoms with Gasteiger partial charge in [-0.15, -0.1) is 0 Å². The standard InChI is InChI=1S/C23H29N3O4S/c1-15-8-10-26(11-9-15)31(29,30)21-14-19(12-16(2)17(21)3)23(28)25-20-6-4-18(5-7-20)13-22(24)27/h4-7,12,14-15H,8-11,13H2,1-3H3,(H2,24,27)(H,25,28). The van der Waals surface area contributed by atoms with E-state index in [-0.39, 0.29) is 16.9 Å². The van der Waals surface area contributed by atoms with Crippen molar-refractivity contribution in [1.29, 1.82) is 0 Å². The molecule has 1 heterocycles. The predicted octanol–water partition coefficient (Wildman–Crippen LogP) is 3.00. The first-order valence-corrected chi connectivity index (χ1v) is 11.8.